The Balaban J connectivity index is 1.77. The van der Waals surface area contributed by atoms with Crippen molar-refractivity contribution in [1.29, 1.82) is 0 Å². The van der Waals surface area contributed by atoms with E-state index < -0.39 is 0 Å². The number of benzene rings is 1. The van der Waals surface area contributed by atoms with Crippen molar-refractivity contribution in [3.05, 3.63) is 64.4 Å². The standard InChI is InChI=1S/C18H21FN4O/c1-11-6-18-21-9-16(13(3)23(18)22-11)12(2)20-8-14-4-5-17(19)15(7-14)10-24/h4-7,9,12,20,24H,8,10H2,1-3H3/t12-/m0/s1. The molecule has 24 heavy (non-hydrogen) atoms. The summed E-state index contributed by atoms with van der Waals surface area (Å²) < 4.78 is 15.3. The second-order valence-corrected chi connectivity index (χ2v) is 6.04. The summed E-state index contributed by atoms with van der Waals surface area (Å²) in [7, 11) is 0. The van der Waals surface area contributed by atoms with Crippen LogP contribution in [0.2, 0.25) is 0 Å². The van der Waals surface area contributed by atoms with E-state index >= 15 is 0 Å². The van der Waals surface area contributed by atoms with Gasteiger partial charge in [-0.2, -0.15) is 5.10 Å². The van der Waals surface area contributed by atoms with E-state index in [-0.39, 0.29) is 18.5 Å². The molecule has 0 radical (unpaired) electrons. The smallest absolute Gasteiger partial charge is 0.155 e. The SMILES string of the molecule is Cc1cc2ncc([C@H](C)NCc3ccc(F)c(CO)c3)c(C)n2n1. The van der Waals surface area contributed by atoms with Crippen LogP contribution in [0.1, 0.15) is 41.0 Å². The third-order valence-electron chi connectivity index (χ3n) is 4.24. The first kappa shape index (κ1) is 16.5. The van der Waals surface area contributed by atoms with Crippen LogP contribution < -0.4 is 5.32 Å². The molecule has 2 aromatic heterocycles. The maximum Gasteiger partial charge on any atom is 0.155 e. The number of aliphatic hydroxyl groups excluding tert-OH is 1. The van der Waals surface area contributed by atoms with Gasteiger partial charge in [0.2, 0.25) is 0 Å². The molecule has 5 nitrogen and oxygen atoms in total. The van der Waals surface area contributed by atoms with Gasteiger partial charge in [-0.25, -0.2) is 13.9 Å². The minimum absolute atomic E-state index is 0.0639. The molecule has 0 unspecified atom stereocenters. The van der Waals surface area contributed by atoms with Crippen molar-refractivity contribution in [2.75, 3.05) is 0 Å². The van der Waals surface area contributed by atoms with Gasteiger partial charge in [-0.3, -0.25) is 0 Å². The molecule has 126 valence electrons. The Kier molecular flexibility index (Phi) is 4.59. The number of nitrogens with one attached hydrogen (secondary N) is 1. The highest BCUT2D eigenvalue weighted by molar-refractivity contribution is 5.42. The van der Waals surface area contributed by atoms with Crippen LogP contribution in [-0.4, -0.2) is 19.7 Å². The van der Waals surface area contributed by atoms with E-state index in [1.54, 1.807) is 12.1 Å². The van der Waals surface area contributed by atoms with Crippen molar-refractivity contribution < 1.29 is 9.50 Å². The van der Waals surface area contributed by atoms with Crippen molar-refractivity contribution in [2.45, 2.75) is 40.0 Å². The molecule has 2 N–H and O–H groups in total. The van der Waals surface area contributed by atoms with Crippen molar-refractivity contribution in [2.24, 2.45) is 0 Å². The van der Waals surface area contributed by atoms with Crippen LogP contribution in [0.5, 0.6) is 0 Å². The topological polar surface area (TPSA) is 62.5 Å². The Morgan fingerprint density at radius 3 is 2.83 bits per heavy atom. The van der Waals surface area contributed by atoms with Gasteiger partial charge in [-0.1, -0.05) is 6.07 Å². The van der Waals surface area contributed by atoms with Crippen LogP contribution in [0.3, 0.4) is 0 Å². The quantitative estimate of drug-likeness (QED) is 0.756. The molecule has 3 aromatic rings. The second-order valence-electron chi connectivity index (χ2n) is 6.04. The van der Waals surface area contributed by atoms with E-state index in [0.717, 1.165) is 28.2 Å². The van der Waals surface area contributed by atoms with Crippen molar-refractivity contribution in [3.63, 3.8) is 0 Å². The van der Waals surface area contributed by atoms with Gasteiger partial charge >= 0.3 is 0 Å². The van der Waals surface area contributed by atoms with Gasteiger partial charge in [0.15, 0.2) is 5.65 Å². The lowest BCUT2D eigenvalue weighted by atomic mass is 10.1. The molecule has 0 spiro atoms. The number of aliphatic hydroxyl groups is 1. The number of hydrogen-bond acceptors (Lipinski definition) is 4. The first-order chi connectivity index (χ1) is 11.5. The summed E-state index contributed by atoms with van der Waals surface area (Å²) in [6.45, 7) is 6.31. The predicted octanol–water partition coefficient (Wildman–Crippen LogP) is 2.83. The van der Waals surface area contributed by atoms with Gasteiger partial charge in [0, 0.05) is 41.7 Å². The first-order valence-corrected chi connectivity index (χ1v) is 7.93. The molecule has 3 rings (SSSR count). The fraction of sp³-hybridized carbons (Fsp3) is 0.333. The minimum Gasteiger partial charge on any atom is -0.392 e. The van der Waals surface area contributed by atoms with Gasteiger partial charge in [0.1, 0.15) is 5.82 Å². The summed E-state index contributed by atoms with van der Waals surface area (Å²) >= 11 is 0. The summed E-state index contributed by atoms with van der Waals surface area (Å²) in [6, 6.07) is 6.80. The molecule has 1 aromatic carbocycles. The highest BCUT2D eigenvalue weighted by Gasteiger charge is 2.13. The van der Waals surface area contributed by atoms with E-state index in [2.05, 4.69) is 22.3 Å². The van der Waals surface area contributed by atoms with E-state index in [1.165, 1.54) is 6.07 Å². The molecule has 0 saturated carbocycles. The van der Waals surface area contributed by atoms with Crippen molar-refractivity contribution in [3.8, 4) is 0 Å². The summed E-state index contributed by atoms with van der Waals surface area (Å²) in [4.78, 5) is 4.46. The first-order valence-electron chi connectivity index (χ1n) is 7.93. The molecule has 0 saturated heterocycles. The van der Waals surface area contributed by atoms with Gasteiger partial charge in [0.05, 0.1) is 12.3 Å². The van der Waals surface area contributed by atoms with Gasteiger partial charge in [0.25, 0.3) is 0 Å². The summed E-state index contributed by atoms with van der Waals surface area (Å²) in [5, 5.41) is 17.0. The Labute approximate surface area is 140 Å². The number of halogens is 1. The van der Waals surface area contributed by atoms with E-state index in [0.29, 0.717) is 12.1 Å². The number of fused-ring (bicyclic) bond motifs is 1. The summed E-state index contributed by atoms with van der Waals surface area (Å²) in [6.07, 6.45) is 1.87. The maximum atomic E-state index is 13.4. The Bertz CT molecular complexity index is 875. The number of aryl methyl sites for hydroxylation is 2. The third-order valence-corrected chi connectivity index (χ3v) is 4.24. The number of nitrogens with zero attached hydrogens (tertiary/aromatic N) is 3. The lowest BCUT2D eigenvalue weighted by Gasteiger charge is -2.17. The van der Waals surface area contributed by atoms with Crippen LogP contribution in [0.4, 0.5) is 4.39 Å². The van der Waals surface area contributed by atoms with Gasteiger partial charge in [-0.15, -0.1) is 0 Å². The molecule has 0 fully saturated rings. The van der Waals surface area contributed by atoms with E-state index in [1.807, 2.05) is 30.6 Å². The van der Waals surface area contributed by atoms with Crippen LogP contribution >= 0.6 is 0 Å². The largest absolute Gasteiger partial charge is 0.392 e. The monoisotopic (exact) mass is 328 g/mol. The summed E-state index contributed by atoms with van der Waals surface area (Å²) in [5.74, 6) is -0.381. The fourth-order valence-corrected chi connectivity index (χ4v) is 2.84. The Morgan fingerprint density at radius 1 is 1.29 bits per heavy atom. The Hall–Kier alpha value is -2.31. The zero-order valence-corrected chi connectivity index (χ0v) is 14.0. The minimum atomic E-state index is -0.381. The molecule has 0 amide bonds. The molecule has 0 aliphatic carbocycles. The molecule has 0 aliphatic heterocycles. The van der Waals surface area contributed by atoms with Crippen molar-refractivity contribution in [1.82, 2.24) is 19.9 Å². The van der Waals surface area contributed by atoms with Crippen LogP contribution in [0.25, 0.3) is 5.65 Å². The fourth-order valence-electron chi connectivity index (χ4n) is 2.84. The number of hydrogen-bond donors (Lipinski definition) is 2. The van der Waals surface area contributed by atoms with Crippen LogP contribution in [0.15, 0.2) is 30.5 Å². The lowest BCUT2D eigenvalue weighted by Crippen LogP contribution is -2.20. The molecule has 0 aliphatic rings. The lowest BCUT2D eigenvalue weighted by molar-refractivity contribution is 0.275. The Morgan fingerprint density at radius 2 is 2.08 bits per heavy atom. The van der Waals surface area contributed by atoms with E-state index in [9.17, 15) is 4.39 Å². The second kappa shape index (κ2) is 6.67. The number of rotatable bonds is 5. The molecular formula is C18H21FN4O. The molecule has 2 heterocycles. The molecule has 6 heteroatoms. The van der Waals surface area contributed by atoms with Crippen molar-refractivity contribution >= 4 is 5.65 Å². The highest BCUT2D eigenvalue weighted by atomic mass is 19.1. The van der Waals surface area contributed by atoms with Gasteiger partial charge < -0.3 is 10.4 Å². The maximum absolute atomic E-state index is 13.4. The van der Waals surface area contributed by atoms with E-state index in [4.69, 9.17) is 5.11 Å². The van der Waals surface area contributed by atoms with Crippen LogP contribution in [-0.2, 0) is 13.2 Å². The average Bonchev–Trinajstić information content (AvgIpc) is 2.95. The van der Waals surface area contributed by atoms with Crippen LogP contribution in [0, 0.1) is 19.7 Å². The summed E-state index contributed by atoms with van der Waals surface area (Å²) in [5.41, 5.74) is 5.12. The average molecular weight is 328 g/mol. The predicted molar refractivity (Wildman–Crippen MR) is 90.0 cm³/mol. The highest BCUT2D eigenvalue weighted by Crippen LogP contribution is 2.19. The molecular weight excluding hydrogens is 307 g/mol. The molecule has 0 bridgehead atoms. The zero-order valence-electron chi connectivity index (χ0n) is 14.0. The molecule has 1 atom stereocenters. The van der Waals surface area contributed by atoms with Gasteiger partial charge in [-0.05, 0) is 38.5 Å². The third kappa shape index (κ3) is 3.16. The normalized spacial score (nSPS) is 12.7. The zero-order chi connectivity index (χ0) is 17.3. The number of aromatic nitrogens is 3.